The molecule has 4 rings (SSSR count). The van der Waals surface area contributed by atoms with Crippen LogP contribution in [0.4, 0.5) is 5.69 Å². The van der Waals surface area contributed by atoms with Crippen molar-refractivity contribution in [1.82, 2.24) is 14.8 Å². The van der Waals surface area contributed by atoms with Crippen LogP contribution in [-0.4, -0.2) is 33.0 Å². The monoisotopic (exact) mass is 445 g/mol. The first-order valence-electron chi connectivity index (χ1n) is 10.9. The van der Waals surface area contributed by atoms with Gasteiger partial charge in [0.1, 0.15) is 5.82 Å². The molecule has 1 aliphatic rings. The lowest BCUT2D eigenvalue weighted by Crippen LogP contribution is -2.33. The SMILES string of the molecule is Cc1ccc(N(CCC#N)C(=O)CSc2nnc(C3CC3)n2Cc2ccccc2)cc1C. The fourth-order valence-corrected chi connectivity index (χ4v) is 4.44. The van der Waals surface area contributed by atoms with Crippen LogP contribution in [0.1, 0.15) is 47.7 Å². The van der Waals surface area contributed by atoms with Crippen molar-refractivity contribution < 1.29 is 4.79 Å². The number of hydrogen-bond acceptors (Lipinski definition) is 5. The first kappa shape index (κ1) is 22.1. The summed E-state index contributed by atoms with van der Waals surface area (Å²) in [6.45, 7) is 5.16. The molecule has 2 aromatic carbocycles. The van der Waals surface area contributed by atoms with Gasteiger partial charge >= 0.3 is 0 Å². The zero-order valence-electron chi connectivity index (χ0n) is 18.5. The van der Waals surface area contributed by atoms with E-state index >= 15 is 0 Å². The van der Waals surface area contributed by atoms with Crippen LogP contribution in [0, 0.1) is 25.2 Å². The Bertz CT molecular complexity index is 1130. The van der Waals surface area contributed by atoms with Gasteiger partial charge in [-0.2, -0.15) is 5.26 Å². The standard InChI is InChI=1S/C25H27N5OS/c1-18-9-12-22(15-19(18)2)29(14-6-13-26)23(31)17-32-25-28-27-24(21-10-11-21)30(25)16-20-7-4-3-5-8-20/h3-5,7-9,12,15,21H,6,10-11,14,16-17H2,1-2H3. The largest absolute Gasteiger partial charge is 0.311 e. The van der Waals surface area contributed by atoms with Crippen LogP contribution in [0.5, 0.6) is 0 Å². The van der Waals surface area contributed by atoms with Gasteiger partial charge in [0.05, 0.1) is 24.8 Å². The van der Waals surface area contributed by atoms with E-state index in [1.165, 1.54) is 22.9 Å². The van der Waals surface area contributed by atoms with E-state index in [9.17, 15) is 4.79 Å². The smallest absolute Gasteiger partial charge is 0.237 e. The number of aryl methyl sites for hydroxylation is 2. The van der Waals surface area contributed by atoms with Gasteiger partial charge in [0.2, 0.25) is 5.91 Å². The van der Waals surface area contributed by atoms with E-state index < -0.39 is 0 Å². The summed E-state index contributed by atoms with van der Waals surface area (Å²) in [6, 6.07) is 18.4. The zero-order valence-corrected chi connectivity index (χ0v) is 19.3. The molecule has 0 radical (unpaired) electrons. The molecule has 1 amide bonds. The third kappa shape index (κ3) is 5.20. The molecule has 1 aliphatic carbocycles. The van der Waals surface area contributed by atoms with Crippen molar-refractivity contribution in [3.63, 3.8) is 0 Å². The molecule has 0 aliphatic heterocycles. The van der Waals surface area contributed by atoms with E-state index in [1.807, 2.05) is 50.2 Å². The minimum Gasteiger partial charge on any atom is -0.311 e. The van der Waals surface area contributed by atoms with E-state index in [0.717, 1.165) is 35.1 Å². The summed E-state index contributed by atoms with van der Waals surface area (Å²) >= 11 is 1.42. The van der Waals surface area contributed by atoms with Crippen LogP contribution in [0.15, 0.2) is 53.7 Å². The summed E-state index contributed by atoms with van der Waals surface area (Å²) in [5.41, 5.74) is 4.32. The van der Waals surface area contributed by atoms with Crippen molar-refractivity contribution in [3.8, 4) is 6.07 Å². The molecule has 0 bridgehead atoms. The number of hydrogen-bond donors (Lipinski definition) is 0. The van der Waals surface area contributed by atoms with Crippen LogP contribution in [0.3, 0.4) is 0 Å². The lowest BCUT2D eigenvalue weighted by atomic mass is 10.1. The summed E-state index contributed by atoms with van der Waals surface area (Å²) in [7, 11) is 0. The number of thioether (sulfide) groups is 1. The average molecular weight is 446 g/mol. The topological polar surface area (TPSA) is 74.8 Å². The Labute approximate surface area is 193 Å². The van der Waals surface area contributed by atoms with Gasteiger partial charge in [0.25, 0.3) is 0 Å². The van der Waals surface area contributed by atoms with Crippen LogP contribution in [0.25, 0.3) is 0 Å². The number of amides is 1. The van der Waals surface area contributed by atoms with Crippen LogP contribution < -0.4 is 4.90 Å². The molecule has 7 heteroatoms. The van der Waals surface area contributed by atoms with E-state index in [1.54, 1.807) is 4.90 Å². The van der Waals surface area contributed by atoms with Gasteiger partial charge in [-0.05, 0) is 55.5 Å². The number of benzene rings is 2. The minimum absolute atomic E-state index is 0.0317. The number of nitriles is 1. The van der Waals surface area contributed by atoms with Crippen LogP contribution >= 0.6 is 11.8 Å². The predicted molar refractivity (Wildman–Crippen MR) is 127 cm³/mol. The van der Waals surface area contributed by atoms with Gasteiger partial charge in [-0.3, -0.25) is 4.79 Å². The molecular weight excluding hydrogens is 418 g/mol. The number of carbonyl (C=O) groups excluding carboxylic acids is 1. The molecule has 32 heavy (non-hydrogen) atoms. The van der Waals surface area contributed by atoms with Gasteiger partial charge < -0.3 is 9.47 Å². The van der Waals surface area contributed by atoms with Gasteiger partial charge in [-0.25, -0.2) is 0 Å². The minimum atomic E-state index is -0.0317. The van der Waals surface area contributed by atoms with Crippen molar-refractivity contribution in [2.75, 3.05) is 17.2 Å². The highest BCUT2D eigenvalue weighted by molar-refractivity contribution is 7.99. The molecule has 1 heterocycles. The second-order valence-corrected chi connectivity index (χ2v) is 9.14. The van der Waals surface area contributed by atoms with Crippen LogP contribution in [-0.2, 0) is 11.3 Å². The van der Waals surface area contributed by atoms with E-state index in [-0.39, 0.29) is 11.7 Å². The van der Waals surface area contributed by atoms with Crippen molar-refractivity contribution in [2.24, 2.45) is 0 Å². The Kier molecular flexibility index (Phi) is 6.91. The fourth-order valence-electron chi connectivity index (χ4n) is 3.62. The Morgan fingerprint density at radius 2 is 1.94 bits per heavy atom. The summed E-state index contributed by atoms with van der Waals surface area (Å²) in [6.07, 6.45) is 2.58. The normalized spacial score (nSPS) is 13.0. The van der Waals surface area contributed by atoms with Crippen molar-refractivity contribution in [3.05, 3.63) is 71.0 Å². The van der Waals surface area contributed by atoms with E-state index in [2.05, 4.69) is 33.0 Å². The molecule has 1 fully saturated rings. The third-order valence-electron chi connectivity index (χ3n) is 5.75. The molecule has 1 saturated carbocycles. The highest BCUT2D eigenvalue weighted by Crippen LogP contribution is 2.40. The van der Waals surface area contributed by atoms with Crippen LogP contribution in [0.2, 0.25) is 0 Å². The molecule has 0 saturated heterocycles. The molecule has 0 atom stereocenters. The lowest BCUT2D eigenvalue weighted by molar-refractivity contribution is -0.116. The first-order chi connectivity index (χ1) is 15.6. The fraction of sp³-hybridized carbons (Fsp3) is 0.360. The maximum absolute atomic E-state index is 13.2. The number of carbonyl (C=O) groups is 1. The second kappa shape index (κ2) is 10.0. The van der Waals surface area contributed by atoms with Gasteiger partial charge in [0.15, 0.2) is 5.16 Å². The lowest BCUT2D eigenvalue weighted by Gasteiger charge is -2.22. The first-order valence-corrected chi connectivity index (χ1v) is 11.9. The van der Waals surface area contributed by atoms with Crippen molar-refractivity contribution >= 4 is 23.4 Å². The Balaban J connectivity index is 1.51. The van der Waals surface area contributed by atoms with E-state index in [4.69, 9.17) is 5.26 Å². The summed E-state index contributed by atoms with van der Waals surface area (Å²) in [5.74, 6) is 1.70. The van der Waals surface area contributed by atoms with E-state index in [0.29, 0.717) is 25.4 Å². The van der Waals surface area contributed by atoms with Crippen molar-refractivity contribution in [2.45, 2.75) is 50.7 Å². The molecular formula is C25H27N5OS. The highest BCUT2D eigenvalue weighted by Gasteiger charge is 2.30. The maximum Gasteiger partial charge on any atom is 0.237 e. The summed E-state index contributed by atoms with van der Waals surface area (Å²) < 4.78 is 2.15. The highest BCUT2D eigenvalue weighted by atomic mass is 32.2. The summed E-state index contributed by atoms with van der Waals surface area (Å²) in [4.78, 5) is 14.9. The molecule has 3 aromatic rings. The quantitative estimate of drug-likeness (QED) is 0.440. The summed E-state index contributed by atoms with van der Waals surface area (Å²) in [5, 5.41) is 18.7. The number of nitrogens with zero attached hydrogens (tertiary/aromatic N) is 5. The van der Waals surface area contributed by atoms with Crippen molar-refractivity contribution in [1.29, 1.82) is 5.26 Å². The number of rotatable bonds is 9. The molecule has 6 nitrogen and oxygen atoms in total. The third-order valence-corrected chi connectivity index (χ3v) is 6.70. The number of anilines is 1. The van der Waals surface area contributed by atoms with Gasteiger partial charge in [-0.15, -0.1) is 10.2 Å². The maximum atomic E-state index is 13.2. The van der Waals surface area contributed by atoms with Gasteiger partial charge in [-0.1, -0.05) is 48.2 Å². The average Bonchev–Trinajstić information content (AvgIpc) is 3.57. The molecule has 0 spiro atoms. The Hall–Kier alpha value is -3.11. The number of aromatic nitrogens is 3. The Morgan fingerprint density at radius 1 is 1.16 bits per heavy atom. The molecule has 1 aromatic heterocycles. The molecule has 164 valence electrons. The molecule has 0 unspecified atom stereocenters. The molecule has 0 N–H and O–H groups in total. The predicted octanol–water partition coefficient (Wildman–Crippen LogP) is 4.86. The van der Waals surface area contributed by atoms with Gasteiger partial charge in [0, 0.05) is 18.2 Å². The second-order valence-electron chi connectivity index (χ2n) is 8.20. The Morgan fingerprint density at radius 3 is 2.62 bits per heavy atom. The zero-order chi connectivity index (χ0) is 22.5.